The van der Waals surface area contributed by atoms with Crippen molar-refractivity contribution in [2.45, 2.75) is 38.4 Å². The van der Waals surface area contributed by atoms with Crippen molar-refractivity contribution in [1.82, 2.24) is 0 Å². The van der Waals surface area contributed by atoms with Gasteiger partial charge in [-0.3, -0.25) is 0 Å². The second-order valence-corrected chi connectivity index (χ2v) is 3.74. The number of ether oxygens (including phenoxy) is 2. The molecule has 0 radical (unpaired) electrons. The first-order valence-corrected chi connectivity index (χ1v) is 5.91. The molecule has 0 aliphatic carbocycles. The molecule has 0 aromatic heterocycles. The second-order valence-electron chi connectivity index (χ2n) is 3.43. The molecule has 0 saturated carbocycles. The van der Waals surface area contributed by atoms with E-state index in [1.165, 1.54) is 12.8 Å². The number of hydrogen-bond acceptors (Lipinski definition) is 2. The van der Waals surface area contributed by atoms with E-state index in [2.05, 4.69) is 6.08 Å². The Kier molecular flexibility index (Phi) is 7.10. The molecule has 1 aliphatic heterocycles. The molecule has 3 heteroatoms. The molecule has 0 aromatic carbocycles. The number of unbranched alkanes of at least 4 members (excludes halogenated alkanes) is 1. The Hall–Kier alpha value is -0.0500. The van der Waals surface area contributed by atoms with Gasteiger partial charge in [-0.25, -0.2) is 0 Å². The second kappa shape index (κ2) is 8.27. The molecular formula is C11H19ClO2. The average molecular weight is 219 g/mol. The maximum atomic E-state index is 5.57. The minimum absolute atomic E-state index is 0.0563. The van der Waals surface area contributed by atoms with Crippen LogP contribution in [0.25, 0.3) is 0 Å². The molecular weight excluding hydrogens is 200 g/mol. The van der Waals surface area contributed by atoms with Crippen LogP contribution in [0, 0.1) is 0 Å². The minimum atomic E-state index is 0.0563. The van der Waals surface area contributed by atoms with Crippen LogP contribution < -0.4 is 0 Å². The molecule has 14 heavy (non-hydrogen) atoms. The fourth-order valence-corrected chi connectivity index (χ4v) is 1.57. The average Bonchev–Trinajstić information content (AvgIpc) is 2.25. The molecule has 82 valence electrons. The molecule has 2 nitrogen and oxygen atoms in total. The number of hydrogen-bond donors (Lipinski definition) is 0. The Morgan fingerprint density at radius 2 is 2.29 bits per heavy atom. The maximum absolute atomic E-state index is 5.57. The third-order valence-corrected chi connectivity index (χ3v) is 2.39. The third-order valence-electron chi connectivity index (χ3n) is 2.21. The molecule has 1 fully saturated rings. The van der Waals surface area contributed by atoms with E-state index in [1.54, 1.807) is 0 Å². The van der Waals surface area contributed by atoms with Crippen LogP contribution >= 0.6 is 11.6 Å². The molecule has 0 N–H and O–H groups in total. The zero-order chi connectivity index (χ0) is 10.1. The van der Waals surface area contributed by atoms with E-state index < -0.39 is 0 Å². The monoisotopic (exact) mass is 218 g/mol. The van der Waals surface area contributed by atoms with Gasteiger partial charge in [0.25, 0.3) is 0 Å². The van der Waals surface area contributed by atoms with Gasteiger partial charge in [-0.15, -0.1) is 11.6 Å². The summed E-state index contributed by atoms with van der Waals surface area (Å²) in [6.45, 7) is 1.65. The van der Waals surface area contributed by atoms with Gasteiger partial charge >= 0.3 is 0 Å². The van der Waals surface area contributed by atoms with E-state index in [0.29, 0.717) is 5.88 Å². The van der Waals surface area contributed by atoms with E-state index in [4.69, 9.17) is 21.1 Å². The first-order chi connectivity index (χ1) is 6.93. The summed E-state index contributed by atoms with van der Waals surface area (Å²) in [6.07, 6.45) is 9.68. The highest BCUT2D eigenvalue weighted by molar-refractivity contribution is 6.18. The zero-order valence-corrected chi connectivity index (χ0v) is 9.34. The lowest BCUT2D eigenvalue weighted by molar-refractivity contribution is -0.162. The van der Waals surface area contributed by atoms with E-state index in [1.807, 2.05) is 6.08 Å². The summed E-state index contributed by atoms with van der Waals surface area (Å²) in [6, 6.07) is 0. The van der Waals surface area contributed by atoms with Crippen molar-refractivity contribution in [2.75, 3.05) is 19.1 Å². The summed E-state index contributed by atoms with van der Waals surface area (Å²) in [5.41, 5.74) is 0. The Labute approximate surface area is 91.2 Å². The standard InChI is InChI=1S/C11H19ClO2/c12-8-4-1-2-5-9-13-11-7-3-6-10-14-11/h1,4,11H,2-3,5-10H2. The lowest BCUT2D eigenvalue weighted by atomic mass is 10.2. The van der Waals surface area contributed by atoms with Gasteiger partial charge in [0, 0.05) is 12.5 Å². The van der Waals surface area contributed by atoms with Crippen molar-refractivity contribution in [3.05, 3.63) is 12.2 Å². The van der Waals surface area contributed by atoms with E-state index in [9.17, 15) is 0 Å². The number of allylic oxidation sites excluding steroid dienone is 2. The Morgan fingerprint density at radius 1 is 1.36 bits per heavy atom. The predicted molar refractivity (Wildman–Crippen MR) is 58.6 cm³/mol. The Balaban J connectivity index is 1.89. The largest absolute Gasteiger partial charge is 0.353 e. The van der Waals surface area contributed by atoms with Gasteiger partial charge in [0.05, 0.1) is 6.61 Å². The van der Waals surface area contributed by atoms with Crippen LogP contribution in [0.2, 0.25) is 0 Å². The molecule has 0 aromatic rings. The van der Waals surface area contributed by atoms with Gasteiger partial charge in [0.15, 0.2) is 6.29 Å². The summed E-state index contributed by atoms with van der Waals surface area (Å²) >= 11 is 5.50. The topological polar surface area (TPSA) is 18.5 Å². The van der Waals surface area contributed by atoms with Crippen molar-refractivity contribution in [1.29, 1.82) is 0 Å². The van der Waals surface area contributed by atoms with E-state index in [-0.39, 0.29) is 6.29 Å². The van der Waals surface area contributed by atoms with Crippen LogP contribution in [-0.2, 0) is 9.47 Å². The van der Waals surface area contributed by atoms with Gasteiger partial charge in [0.1, 0.15) is 0 Å². The molecule has 0 spiro atoms. The number of rotatable bonds is 6. The first kappa shape index (κ1) is 12.0. The minimum Gasteiger partial charge on any atom is -0.353 e. The third kappa shape index (κ3) is 5.63. The summed E-state index contributed by atoms with van der Waals surface area (Å²) in [7, 11) is 0. The van der Waals surface area contributed by atoms with Crippen molar-refractivity contribution in [2.24, 2.45) is 0 Å². The fourth-order valence-electron chi connectivity index (χ4n) is 1.44. The fraction of sp³-hybridized carbons (Fsp3) is 0.818. The molecule has 1 aliphatic rings. The molecule has 1 atom stereocenters. The van der Waals surface area contributed by atoms with Crippen molar-refractivity contribution < 1.29 is 9.47 Å². The van der Waals surface area contributed by atoms with Crippen LogP contribution in [0.3, 0.4) is 0 Å². The zero-order valence-electron chi connectivity index (χ0n) is 8.58. The van der Waals surface area contributed by atoms with Gasteiger partial charge in [-0.05, 0) is 32.1 Å². The van der Waals surface area contributed by atoms with Crippen LogP contribution in [0.4, 0.5) is 0 Å². The number of halogens is 1. The quantitative estimate of drug-likeness (QED) is 0.388. The Morgan fingerprint density at radius 3 is 3.00 bits per heavy atom. The van der Waals surface area contributed by atoms with Crippen molar-refractivity contribution in [3.8, 4) is 0 Å². The van der Waals surface area contributed by atoms with E-state index in [0.717, 1.165) is 32.5 Å². The van der Waals surface area contributed by atoms with Crippen molar-refractivity contribution in [3.63, 3.8) is 0 Å². The predicted octanol–water partition coefficient (Wildman–Crippen LogP) is 3.10. The van der Waals surface area contributed by atoms with E-state index >= 15 is 0 Å². The summed E-state index contributed by atoms with van der Waals surface area (Å²) in [5, 5.41) is 0. The highest BCUT2D eigenvalue weighted by atomic mass is 35.5. The first-order valence-electron chi connectivity index (χ1n) is 5.37. The summed E-state index contributed by atoms with van der Waals surface area (Å²) in [5.74, 6) is 0.604. The highest BCUT2D eigenvalue weighted by Gasteiger charge is 2.12. The van der Waals surface area contributed by atoms with Gasteiger partial charge in [-0.1, -0.05) is 12.2 Å². The lowest BCUT2D eigenvalue weighted by Crippen LogP contribution is -2.22. The van der Waals surface area contributed by atoms with Gasteiger partial charge in [0.2, 0.25) is 0 Å². The normalized spacial score (nSPS) is 23.1. The van der Waals surface area contributed by atoms with Crippen LogP contribution in [-0.4, -0.2) is 25.4 Å². The maximum Gasteiger partial charge on any atom is 0.157 e. The summed E-state index contributed by atoms with van der Waals surface area (Å²) < 4.78 is 11.0. The molecule has 1 rings (SSSR count). The molecule has 0 amide bonds. The van der Waals surface area contributed by atoms with Gasteiger partial charge < -0.3 is 9.47 Å². The Bertz CT molecular complexity index is 153. The smallest absolute Gasteiger partial charge is 0.157 e. The molecule has 1 heterocycles. The van der Waals surface area contributed by atoms with Gasteiger partial charge in [-0.2, -0.15) is 0 Å². The summed E-state index contributed by atoms with van der Waals surface area (Å²) in [4.78, 5) is 0. The van der Waals surface area contributed by atoms with Crippen LogP contribution in [0.15, 0.2) is 12.2 Å². The van der Waals surface area contributed by atoms with Crippen molar-refractivity contribution >= 4 is 11.6 Å². The van der Waals surface area contributed by atoms with Crippen LogP contribution in [0.5, 0.6) is 0 Å². The molecule has 0 bridgehead atoms. The molecule has 1 saturated heterocycles. The van der Waals surface area contributed by atoms with Crippen LogP contribution in [0.1, 0.15) is 32.1 Å². The SMILES string of the molecule is ClCC=CCCCOC1CCCCO1. The lowest BCUT2D eigenvalue weighted by Gasteiger charge is -2.22. The molecule has 1 unspecified atom stereocenters. The highest BCUT2D eigenvalue weighted by Crippen LogP contribution is 2.13. The number of alkyl halides is 1.